The Balaban J connectivity index is 2.26. The van der Waals surface area contributed by atoms with Crippen LogP contribution >= 0.6 is 0 Å². The monoisotopic (exact) mass is 252 g/mol. The van der Waals surface area contributed by atoms with Gasteiger partial charge in [-0.3, -0.25) is 4.79 Å². The first-order chi connectivity index (χ1) is 8.65. The van der Waals surface area contributed by atoms with Crippen LogP contribution in [0.15, 0.2) is 12.7 Å². The highest BCUT2D eigenvalue weighted by atomic mass is 16.2. The molecule has 104 valence electrons. The van der Waals surface area contributed by atoms with Gasteiger partial charge in [-0.2, -0.15) is 0 Å². The SMILES string of the molecule is C=CCCCN(C)C(=O)CC(C)C1CCCNC1. The second kappa shape index (κ2) is 8.30. The van der Waals surface area contributed by atoms with Gasteiger partial charge in [-0.1, -0.05) is 13.0 Å². The molecule has 0 saturated carbocycles. The number of amides is 1. The van der Waals surface area contributed by atoms with Gasteiger partial charge in [0.25, 0.3) is 0 Å². The largest absolute Gasteiger partial charge is 0.346 e. The number of unbranched alkanes of at least 4 members (excludes halogenated alkanes) is 1. The van der Waals surface area contributed by atoms with E-state index in [4.69, 9.17) is 0 Å². The van der Waals surface area contributed by atoms with E-state index in [0.29, 0.717) is 18.3 Å². The third kappa shape index (κ3) is 5.21. The Bertz CT molecular complexity index is 259. The molecule has 3 nitrogen and oxygen atoms in total. The van der Waals surface area contributed by atoms with Crippen LogP contribution < -0.4 is 5.32 Å². The standard InChI is InChI=1S/C15H28N2O/c1-4-5-6-10-17(3)15(18)11-13(2)14-8-7-9-16-12-14/h4,13-14,16H,1,5-12H2,2-3H3. The summed E-state index contributed by atoms with van der Waals surface area (Å²) in [6, 6.07) is 0. The molecule has 1 heterocycles. The molecule has 0 bridgehead atoms. The van der Waals surface area contributed by atoms with Crippen LogP contribution in [0.5, 0.6) is 0 Å². The molecular formula is C15H28N2O. The van der Waals surface area contributed by atoms with Gasteiger partial charge in [0.2, 0.25) is 5.91 Å². The van der Waals surface area contributed by atoms with Crippen molar-refractivity contribution in [2.24, 2.45) is 11.8 Å². The summed E-state index contributed by atoms with van der Waals surface area (Å²) in [5.74, 6) is 1.45. The summed E-state index contributed by atoms with van der Waals surface area (Å²) in [7, 11) is 1.91. The van der Waals surface area contributed by atoms with Gasteiger partial charge >= 0.3 is 0 Å². The van der Waals surface area contributed by atoms with E-state index in [-0.39, 0.29) is 5.91 Å². The van der Waals surface area contributed by atoms with Crippen LogP contribution in [0.3, 0.4) is 0 Å². The van der Waals surface area contributed by atoms with Crippen molar-refractivity contribution >= 4 is 5.91 Å². The van der Waals surface area contributed by atoms with E-state index in [9.17, 15) is 4.79 Å². The molecule has 2 unspecified atom stereocenters. The zero-order valence-corrected chi connectivity index (χ0v) is 12.0. The van der Waals surface area contributed by atoms with Gasteiger partial charge in [-0.25, -0.2) is 0 Å². The number of hydrogen-bond acceptors (Lipinski definition) is 2. The summed E-state index contributed by atoms with van der Waals surface area (Å²) in [6.45, 7) is 8.98. The van der Waals surface area contributed by atoms with Gasteiger partial charge in [0, 0.05) is 20.0 Å². The lowest BCUT2D eigenvalue weighted by Gasteiger charge is -2.29. The Morgan fingerprint density at radius 1 is 1.61 bits per heavy atom. The summed E-state index contributed by atoms with van der Waals surface area (Å²) < 4.78 is 0. The molecule has 1 amide bonds. The van der Waals surface area contributed by atoms with Crippen molar-refractivity contribution in [2.45, 2.75) is 39.0 Å². The minimum atomic E-state index is 0.289. The topological polar surface area (TPSA) is 32.3 Å². The summed E-state index contributed by atoms with van der Waals surface area (Å²) in [5, 5.41) is 3.42. The van der Waals surface area contributed by atoms with Crippen LogP contribution in [0, 0.1) is 11.8 Å². The average Bonchev–Trinajstić information content (AvgIpc) is 2.39. The molecule has 0 spiro atoms. The van der Waals surface area contributed by atoms with Crippen LogP contribution in [0.25, 0.3) is 0 Å². The second-order valence-electron chi connectivity index (χ2n) is 5.53. The van der Waals surface area contributed by atoms with Crippen LogP contribution in [-0.2, 0) is 4.79 Å². The van der Waals surface area contributed by atoms with E-state index in [1.54, 1.807) is 0 Å². The van der Waals surface area contributed by atoms with Crippen LogP contribution in [0.2, 0.25) is 0 Å². The lowest BCUT2D eigenvalue weighted by molar-refractivity contribution is -0.131. The summed E-state index contributed by atoms with van der Waals surface area (Å²) >= 11 is 0. The smallest absolute Gasteiger partial charge is 0.222 e. The number of hydrogen-bond donors (Lipinski definition) is 1. The fourth-order valence-electron chi connectivity index (χ4n) is 2.56. The van der Waals surface area contributed by atoms with E-state index in [1.807, 2.05) is 18.0 Å². The van der Waals surface area contributed by atoms with E-state index < -0.39 is 0 Å². The van der Waals surface area contributed by atoms with Gasteiger partial charge < -0.3 is 10.2 Å². The first kappa shape index (κ1) is 15.2. The summed E-state index contributed by atoms with van der Waals surface area (Å²) in [4.78, 5) is 13.9. The van der Waals surface area contributed by atoms with E-state index in [0.717, 1.165) is 32.5 Å². The lowest BCUT2D eigenvalue weighted by Crippen LogP contribution is -2.36. The Morgan fingerprint density at radius 2 is 2.39 bits per heavy atom. The molecule has 1 aliphatic rings. The number of piperidine rings is 1. The van der Waals surface area contributed by atoms with Gasteiger partial charge in [-0.15, -0.1) is 6.58 Å². The zero-order valence-electron chi connectivity index (χ0n) is 12.0. The zero-order chi connectivity index (χ0) is 13.4. The Kier molecular flexibility index (Phi) is 7.02. The first-order valence-electron chi connectivity index (χ1n) is 7.20. The third-order valence-electron chi connectivity index (χ3n) is 3.96. The number of nitrogens with one attached hydrogen (secondary N) is 1. The van der Waals surface area contributed by atoms with Crippen molar-refractivity contribution in [3.05, 3.63) is 12.7 Å². The van der Waals surface area contributed by atoms with Gasteiger partial charge in [0.1, 0.15) is 0 Å². The van der Waals surface area contributed by atoms with Crippen LogP contribution in [0.4, 0.5) is 0 Å². The fraction of sp³-hybridized carbons (Fsp3) is 0.800. The Morgan fingerprint density at radius 3 is 3.00 bits per heavy atom. The molecule has 0 aromatic carbocycles. The molecule has 2 atom stereocenters. The van der Waals surface area contributed by atoms with E-state index in [1.165, 1.54) is 12.8 Å². The lowest BCUT2D eigenvalue weighted by atomic mass is 9.85. The van der Waals surface area contributed by atoms with Crippen molar-refractivity contribution in [3.63, 3.8) is 0 Å². The van der Waals surface area contributed by atoms with Crippen molar-refractivity contribution in [2.75, 3.05) is 26.7 Å². The summed E-state index contributed by atoms with van der Waals surface area (Å²) in [5.41, 5.74) is 0. The number of rotatable bonds is 7. The molecule has 0 aromatic heterocycles. The molecule has 0 aliphatic carbocycles. The van der Waals surface area contributed by atoms with Gasteiger partial charge in [-0.05, 0) is 50.6 Å². The van der Waals surface area contributed by atoms with Crippen LogP contribution in [0.1, 0.15) is 39.0 Å². The van der Waals surface area contributed by atoms with Crippen molar-refractivity contribution < 1.29 is 4.79 Å². The quantitative estimate of drug-likeness (QED) is 0.557. The molecule has 1 N–H and O–H groups in total. The molecule has 1 aliphatic heterocycles. The highest BCUT2D eigenvalue weighted by molar-refractivity contribution is 5.76. The average molecular weight is 252 g/mol. The maximum Gasteiger partial charge on any atom is 0.222 e. The first-order valence-corrected chi connectivity index (χ1v) is 7.20. The minimum Gasteiger partial charge on any atom is -0.346 e. The highest BCUT2D eigenvalue weighted by Crippen LogP contribution is 2.23. The van der Waals surface area contributed by atoms with Crippen molar-refractivity contribution in [1.82, 2.24) is 10.2 Å². The Hall–Kier alpha value is -0.830. The van der Waals surface area contributed by atoms with E-state index >= 15 is 0 Å². The molecule has 1 fully saturated rings. The van der Waals surface area contributed by atoms with Crippen LogP contribution in [-0.4, -0.2) is 37.5 Å². The van der Waals surface area contributed by atoms with Crippen molar-refractivity contribution in [1.29, 1.82) is 0 Å². The predicted molar refractivity (Wildman–Crippen MR) is 76.4 cm³/mol. The number of carbonyl (C=O) groups is 1. The molecule has 0 radical (unpaired) electrons. The van der Waals surface area contributed by atoms with E-state index in [2.05, 4.69) is 18.8 Å². The predicted octanol–water partition coefficient (Wildman–Crippen LogP) is 2.44. The second-order valence-corrected chi connectivity index (χ2v) is 5.53. The fourth-order valence-corrected chi connectivity index (χ4v) is 2.56. The van der Waals surface area contributed by atoms with Gasteiger partial charge in [0.15, 0.2) is 0 Å². The molecule has 0 aromatic rings. The Labute approximate surface area is 112 Å². The summed E-state index contributed by atoms with van der Waals surface area (Å²) in [6.07, 6.45) is 7.12. The van der Waals surface area contributed by atoms with Crippen molar-refractivity contribution in [3.8, 4) is 0 Å². The molecule has 3 heteroatoms. The number of carbonyl (C=O) groups excluding carboxylic acids is 1. The third-order valence-corrected chi connectivity index (χ3v) is 3.96. The highest BCUT2D eigenvalue weighted by Gasteiger charge is 2.23. The maximum atomic E-state index is 12.1. The number of allylic oxidation sites excluding steroid dienone is 1. The van der Waals surface area contributed by atoms with Gasteiger partial charge in [0.05, 0.1) is 0 Å². The maximum absolute atomic E-state index is 12.1. The minimum absolute atomic E-state index is 0.289. The number of nitrogens with zero attached hydrogens (tertiary/aromatic N) is 1. The molecule has 1 saturated heterocycles. The normalized spacial score (nSPS) is 21.3. The molecule has 1 rings (SSSR count). The molecular weight excluding hydrogens is 224 g/mol. The molecule has 18 heavy (non-hydrogen) atoms.